The molecule has 0 radical (unpaired) electrons. The molecule has 2 aromatic rings. The molecule has 6 nitrogen and oxygen atoms in total. The third-order valence-corrected chi connectivity index (χ3v) is 4.81. The van der Waals surface area contributed by atoms with Gasteiger partial charge in [0.15, 0.2) is 0 Å². The smallest absolute Gasteiger partial charge is 0.142 e. The average Bonchev–Trinajstić information content (AvgIpc) is 3.28. The van der Waals surface area contributed by atoms with E-state index in [1.54, 1.807) is 6.20 Å². The molecule has 0 aliphatic carbocycles. The van der Waals surface area contributed by atoms with Crippen LogP contribution in [0.1, 0.15) is 29.9 Å². The summed E-state index contributed by atoms with van der Waals surface area (Å²) in [4.78, 5) is 9.21. The zero-order valence-electron chi connectivity index (χ0n) is 12.9. The fourth-order valence-electron chi connectivity index (χ4n) is 3.48. The summed E-state index contributed by atoms with van der Waals surface area (Å²) in [5.41, 5.74) is 2.35. The highest BCUT2D eigenvalue weighted by molar-refractivity contribution is 5.25. The van der Waals surface area contributed by atoms with Crippen molar-refractivity contribution in [1.82, 2.24) is 24.5 Å². The largest absolute Gasteiger partial charge is 0.361 e. The Morgan fingerprint density at radius 2 is 1.95 bits per heavy atom. The number of nitrogens with zero attached hydrogens (tertiary/aromatic N) is 5. The summed E-state index contributed by atoms with van der Waals surface area (Å²) in [5.74, 6) is 1.08. The van der Waals surface area contributed by atoms with Crippen LogP contribution in [0.25, 0.3) is 0 Å². The van der Waals surface area contributed by atoms with Gasteiger partial charge >= 0.3 is 0 Å². The van der Waals surface area contributed by atoms with Crippen molar-refractivity contribution in [2.45, 2.75) is 32.4 Å². The maximum Gasteiger partial charge on any atom is 0.142 e. The first-order valence-electron chi connectivity index (χ1n) is 8.25. The Morgan fingerprint density at radius 1 is 1.09 bits per heavy atom. The lowest BCUT2D eigenvalue weighted by Gasteiger charge is -2.28. The molecule has 0 bridgehead atoms. The van der Waals surface area contributed by atoms with Crippen molar-refractivity contribution in [3.63, 3.8) is 0 Å². The molecule has 4 rings (SSSR count). The second-order valence-electron chi connectivity index (χ2n) is 6.34. The number of hydrogen-bond donors (Lipinski definition) is 0. The zero-order valence-corrected chi connectivity index (χ0v) is 12.9. The van der Waals surface area contributed by atoms with Crippen molar-refractivity contribution in [1.29, 1.82) is 0 Å². The van der Waals surface area contributed by atoms with Crippen molar-refractivity contribution < 1.29 is 4.52 Å². The molecule has 22 heavy (non-hydrogen) atoms. The number of aromatic nitrogens is 3. The van der Waals surface area contributed by atoms with Crippen LogP contribution in [0.5, 0.6) is 0 Å². The first kappa shape index (κ1) is 14.0. The van der Waals surface area contributed by atoms with E-state index >= 15 is 0 Å². The quantitative estimate of drug-likeness (QED) is 0.835. The Labute approximate surface area is 130 Å². The van der Waals surface area contributed by atoms with Gasteiger partial charge in [-0.3, -0.25) is 4.90 Å². The lowest BCUT2D eigenvalue weighted by Crippen LogP contribution is -2.37. The first-order valence-corrected chi connectivity index (χ1v) is 8.25. The zero-order chi connectivity index (χ0) is 14.8. The molecule has 0 spiro atoms. The summed E-state index contributed by atoms with van der Waals surface area (Å²) in [6.07, 6.45) is 9.31. The summed E-state index contributed by atoms with van der Waals surface area (Å²) in [6, 6.07) is 0. The van der Waals surface area contributed by atoms with Crippen LogP contribution < -0.4 is 0 Å². The molecule has 1 saturated heterocycles. The molecule has 6 heteroatoms. The molecule has 118 valence electrons. The number of rotatable bonds is 5. The fraction of sp³-hybridized carbons (Fsp3) is 0.625. The summed E-state index contributed by atoms with van der Waals surface area (Å²) in [7, 11) is 0. The minimum absolute atomic E-state index is 0.749. The third kappa shape index (κ3) is 2.94. The van der Waals surface area contributed by atoms with E-state index in [0.717, 1.165) is 44.1 Å². The monoisotopic (exact) mass is 301 g/mol. The number of hydrogen-bond acceptors (Lipinski definition) is 5. The number of likely N-dealkylation sites (tertiary alicyclic amines) is 1. The highest BCUT2D eigenvalue weighted by atomic mass is 16.5. The predicted octanol–water partition coefficient (Wildman–Crippen LogP) is 1.37. The summed E-state index contributed by atoms with van der Waals surface area (Å²) < 4.78 is 7.58. The van der Waals surface area contributed by atoms with Crippen LogP contribution in [0.15, 0.2) is 23.2 Å². The van der Waals surface area contributed by atoms with Gasteiger partial charge in [-0.1, -0.05) is 5.16 Å². The highest BCUT2D eigenvalue weighted by Gasteiger charge is 2.24. The third-order valence-electron chi connectivity index (χ3n) is 4.81. The Balaban J connectivity index is 1.39. The number of fused-ring (bicyclic) bond motifs is 1. The molecule has 2 aromatic heterocycles. The van der Waals surface area contributed by atoms with Crippen LogP contribution in [0.4, 0.5) is 0 Å². The Bertz CT molecular complexity index is 600. The fourth-order valence-corrected chi connectivity index (χ4v) is 3.48. The second-order valence-corrected chi connectivity index (χ2v) is 6.34. The minimum atomic E-state index is 0.749. The minimum Gasteiger partial charge on any atom is -0.361 e. The van der Waals surface area contributed by atoms with Crippen LogP contribution in [0.3, 0.4) is 0 Å². The molecular formula is C16H23N5O. The molecule has 0 unspecified atom stereocenters. The van der Waals surface area contributed by atoms with Gasteiger partial charge in [-0.05, 0) is 25.9 Å². The van der Waals surface area contributed by atoms with Crippen LogP contribution in [-0.2, 0) is 19.5 Å². The van der Waals surface area contributed by atoms with Gasteiger partial charge in [0.25, 0.3) is 0 Å². The number of imidazole rings is 1. The highest BCUT2D eigenvalue weighted by Crippen LogP contribution is 2.23. The molecule has 0 atom stereocenters. The predicted molar refractivity (Wildman–Crippen MR) is 82.5 cm³/mol. The van der Waals surface area contributed by atoms with Crippen molar-refractivity contribution in [3.05, 3.63) is 35.7 Å². The van der Waals surface area contributed by atoms with E-state index in [9.17, 15) is 0 Å². The summed E-state index contributed by atoms with van der Waals surface area (Å²) in [6.45, 7) is 7.69. The van der Waals surface area contributed by atoms with Gasteiger partial charge in [0.05, 0.1) is 12.9 Å². The van der Waals surface area contributed by atoms with Crippen molar-refractivity contribution >= 4 is 0 Å². The molecule has 1 fully saturated rings. The Hall–Kier alpha value is -1.66. The van der Waals surface area contributed by atoms with E-state index in [2.05, 4.69) is 19.9 Å². The van der Waals surface area contributed by atoms with Crippen molar-refractivity contribution in [2.24, 2.45) is 0 Å². The molecule has 0 aromatic carbocycles. The summed E-state index contributed by atoms with van der Waals surface area (Å²) >= 11 is 0. The molecule has 0 N–H and O–H groups in total. The SMILES string of the molecule is c1cn(Cc2noc3c2CN(CCN2CCCC2)CC3)cn1. The van der Waals surface area contributed by atoms with E-state index in [-0.39, 0.29) is 0 Å². The van der Waals surface area contributed by atoms with E-state index in [0.29, 0.717) is 0 Å². The molecule has 4 heterocycles. The van der Waals surface area contributed by atoms with Gasteiger partial charge in [0.2, 0.25) is 0 Å². The van der Waals surface area contributed by atoms with Gasteiger partial charge < -0.3 is 14.0 Å². The van der Waals surface area contributed by atoms with E-state index in [1.807, 2.05) is 17.1 Å². The van der Waals surface area contributed by atoms with Crippen molar-refractivity contribution in [3.8, 4) is 0 Å². The topological polar surface area (TPSA) is 50.3 Å². The van der Waals surface area contributed by atoms with Gasteiger partial charge in [-0.25, -0.2) is 4.98 Å². The van der Waals surface area contributed by atoms with E-state index in [4.69, 9.17) is 4.52 Å². The average molecular weight is 301 g/mol. The van der Waals surface area contributed by atoms with Crippen LogP contribution in [0, 0.1) is 0 Å². The normalized spacial score (nSPS) is 19.6. The summed E-state index contributed by atoms with van der Waals surface area (Å²) in [5, 5.41) is 4.28. The van der Waals surface area contributed by atoms with Gasteiger partial charge in [0, 0.05) is 50.6 Å². The Morgan fingerprint density at radius 3 is 2.77 bits per heavy atom. The van der Waals surface area contributed by atoms with Crippen LogP contribution in [-0.4, -0.2) is 57.2 Å². The maximum atomic E-state index is 5.54. The van der Waals surface area contributed by atoms with Gasteiger partial charge in [-0.2, -0.15) is 0 Å². The first-order chi connectivity index (χ1) is 10.9. The van der Waals surface area contributed by atoms with E-state index in [1.165, 1.54) is 38.0 Å². The molecular weight excluding hydrogens is 278 g/mol. The lowest BCUT2D eigenvalue weighted by molar-refractivity contribution is 0.202. The van der Waals surface area contributed by atoms with Crippen LogP contribution >= 0.6 is 0 Å². The van der Waals surface area contributed by atoms with E-state index < -0.39 is 0 Å². The van der Waals surface area contributed by atoms with Gasteiger partial charge in [-0.15, -0.1) is 0 Å². The van der Waals surface area contributed by atoms with Crippen molar-refractivity contribution in [2.75, 3.05) is 32.7 Å². The second kappa shape index (κ2) is 6.22. The molecule has 2 aliphatic heterocycles. The molecule has 0 amide bonds. The molecule has 2 aliphatic rings. The lowest BCUT2D eigenvalue weighted by atomic mass is 10.1. The maximum absolute atomic E-state index is 5.54. The van der Waals surface area contributed by atoms with Crippen LogP contribution in [0.2, 0.25) is 0 Å². The van der Waals surface area contributed by atoms with Gasteiger partial charge in [0.1, 0.15) is 11.5 Å². The molecule has 0 saturated carbocycles. The standard InChI is InChI=1S/C16H23N5O/c1-2-6-19(5-1)9-10-20-7-3-16-14(11-20)15(18-22-16)12-21-8-4-17-13-21/h4,8,13H,1-3,5-7,9-12H2. The Kier molecular flexibility index (Phi) is 3.95.